The molecule has 7 heteroatoms. The lowest BCUT2D eigenvalue weighted by molar-refractivity contribution is 0.0840. The molecule has 1 heterocycles. The van der Waals surface area contributed by atoms with Gasteiger partial charge in [-0.1, -0.05) is 30.3 Å². The van der Waals surface area contributed by atoms with Crippen molar-refractivity contribution in [2.75, 3.05) is 21.3 Å². The Morgan fingerprint density at radius 3 is 2.34 bits per heavy atom. The SMILES string of the molecule is COc1ccc(O)c(Cc2c(OC)c(OC)c(O)c3c2O[C@@H](c2ccccc2)CC3=O)c1. The van der Waals surface area contributed by atoms with Gasteiger partial charge in [-0.2, -0.15) is 0 Å². The molecule has 7 nitrogen and oxygen atoms in total. The number of aromatic hydroxyl groups is 2. The maximum absolute atomic E-state index is 13.1. The van der Waals surface area contributed by atoms with Gasteiger partial charge in [0, 0.05) is 17.5 Å². The second-order valence-electron chi connectivity index (χ2n) is 7.41. The second kappa shape index (κ2) is 8.70. The number of rotatable bonds is 6. The average molecular weight is 436 g/mol. The van der Waals surface area contributed by atoms with Crippen LogP contribution in [0.25, 0.3) is 0 Å². The van der Waals surface area contributed by atoms with Gasteiger partial charge in [0.05, 0.1) is 27.8 Å². The summed E-state index contributed by atoms with van der Waals surface area (Å²) in [5.74, 6) is 0.508. The highest BCUT2D eigenvalue weighted by Gasteiger charge is 2.37. The molecule has 0 unspecified atom stereocenters. The topological polar surface area (TPSA) is 94.5 Å². The Morgan fingerprint density at radius 2 is 1.69 bits per heavy atom. The molecule has 0 aromatic heterocycles. The number of ether oxygens (including phenoxy) is 4. The first kappa shape index (κ1) is 21.4. The first-order chi connectivity index (χ1) is 15.5. The quantitative estimate of drug-likeness (QED) is 0.591. The van der Waals surface area contributed by atoms with Crippen LogP contribution in [0.3, 0.4) is 0 Å². The van der Waals surface area contributed by atoms with Crippen LogP contribution in [0, 0.1) is 0 Å². The molecule has 0 saturated heterocycles. The molecule has 3 aromatic carbocycles. The third-order valence-corrected chi connectivity index (χ3v) is 5.58. The van der Waals surface area contributed by atoms with Crippen molar-refractivity contribution in [2.45, 2.75) is 18.9 Å². The fraction of sp³-hybridized carbons (Fsp3) is 0.240. The van der Waals surface area contributed by atoms with E-state index in [9.17, 15) is 15.0 Å². The summed E-state index contributed by atoms with van der Waals surface area (Å²) >= 11 is 0. The summed E-state index contributed by atoms with van der Waals surface area (Å²) in [6.45, 7) is 0. The monoisotopic (exact) mass is 436 g/mol. The molecule has 0 saturated carbocycles. The van der Waals surface area contributed by atoms with Gasteiger partial charge in [0.25, 0.3) is 0 Å². The molecule has 166 valence electrons. The van der Waals surface area contributed by atoms with Crippen LogP contribution in [0.5, 0.6) is 34.5 Å². The summed E-state index contributed by atoms with van der Waals surface area (Å²) in [4.78, 5) is 13.1. The van der Waals surface area contributed by atoms with Crippen LogP contribution in [0.2, 0.25) is 0 Å². The summed E-state index contributed by atoms with van der Waals surface area (Å²) in [5, 5.41) is 21.3. The number of carbonyl (C=O) groups excluding carboxylic acids is 1. The minimum absolute atomic E-state index is 0.0405. The van der Waals surface area contributed by atoms with E-state index in [1.54, 1.807) is 12.1 Å². The smallest absolute Gasteiger partial charge is 0.204 e. The number of carbonyl (C=O) groups is 1. The summed E-state index contributed by atoms with van der Waals surface area (Å²) in [5.41, 5.74) is 1.91. The van der Waals surface area contributed by atoms with Crippen molar-refractivity contribution in [1.29, 1.82) is 0 Å². The molecule has 0 aliphatic carbocycles. The highest BCUT2D eigenvalue weighted by molar-refractivity contribution is 6.04. The Hall–Kier alpha value is -3.87. The zero-order valence-corrected chi connectivity index (χ0v) is 18.0. The van der Waals surface area contributed by atoms with Crippen molar-refractivity contribution in [2.24, 2.45) is 0 Å². The molecule has 4 rings (SSSR count). The third kappa shape index (κ3) is 3.66. The Morgan fingerprint density at radius 1 is 0.969 bits per heavy atom. The van der Waals surface area contributed by atoms with E-state index in [1.165, 1.54) is 27.4 Å². The van der Waals surface area contributed by atoms with Gasteiger partial charge in [-0.3, -0.25) is 4.79 Å². The van der Waals surface area contributed by atoms with E-state index >= 15 is 0 Å². The molecule has 0 fully saturated rings. The molecule has 32 heavy (non-hydrogen) atoms. The normalized spacial score (nSPS) is 15.0. The summed E-state index contributed by atoms with van der Waals surface area (Å²) in [6, 6.07) is 14.3. The highest BCUT2D eigenvalue weighted by atomic mass is 16.5. The predicted molar refractivity (Wildman–Crippen MR) is 117 cm³/mol. The molecular weight excluding hydrogens is 412 g/mol. The second-order valence-corrected chi connectivity index (χ2v) is 7.41. The molecule has 0 radical (unpaired) electrons. The van der Waals surface area contributed by atoms with Crippen molar-refractivity contribution >= 4 is 5.78 Å². The summed E-state index contributed by atoms with van der Waals surface area (Å²) in [7, 11) is 4.37. The molecule has 0 bridgehead atoms. The summed E-state index contributed by atoms with van der Waals surface area (Å²) < 4.78 is 22.5. The maximum Gasteiger partial charge on any atom is 0.204 e. The first-order valence-electron chi connectivity index (χ1n) is 10.1. The highest BCUT2D eigenvalue weighted by Crippen LogP contribution is 2.53. The Bertz CT molecular complexity index is 1150. The van der Waals surface area contributed by atoms with E-state index in [2.05, 4.69) is 0 Å². The Labute approximate surface area is 185 Å². The maximum atomic E-state index is 13.1. The predicted octanol–water partition coefficient (Wildman–Crippen LogP) is 4.42. The zero-order chi connectivity index (χ0) is 22.8. The van der Waals surface area contributed by atoms with Gasteiger partial charge < -0.3 is 29.2 Å². The largest absolute Gasteiger partial charge is 0.508 e. The van der Waals surface area contributed by atoms with Crippen LogP contribution >= 0.6 is 0 Å². The number of ketones is 1. The van der Waals surface area contributed by atoms with Crippen LogP contribution < -0.4 is 18.9 Å². The molecule has 1 atom stereocenters. The van der Waals surface area contributed by atoms with Gasteiger partial charge in [-0.15, -0.1) is 0 Å². The van der Waals surface area contributed by atoms with E-state index < -0.39 is 6.10 Å². The lowest BCUT2D eigenvalue weighted by atomic mass is 9.90. The number of phenols is 2. The fourth-order valence-electron chi connectivity index (χ4n) is 4.00. The first-order valence-corrected chi connectivity index (χ1v) is 10.1. The standard InChI is InChI=1S/C25H24O7/c1-29-16-9-10-18(26)15(11-16)12-17-23-21(22(28)25(31-3)24(17)30-2)19(27)13-20(32-23)14-7-5-4-6-8-14/h4-11,20,26,28H,12-13H2,1-3H3/t20-/m1/s1. The Balaban J connectivity index is 1.91. The van der Waals surface area contributed by atoms with Crippen molar-refractivity contribution in [3.63, 3.8) is 0 Å². The number of phenolic OH excluding ortho intramolecular Hbond substituents is 2. The molecule has 0 amide bonds. The van der Waals surface area contributed by atoms with Gasteiger partial charge in [0.1, 0.15) is 28.9 Å². The van der Waals surface area contributed by atoms with Gasteiger partial charge in [0.2, 0.25) is 5.75 Å². The lowest BCUT2D eigenvalue weighted by Gasteiger charge is -2.30. The average Bonchev–Trinajstić information content (AvgIpc) is 2.81. The van der Waals surface area contributed by atoms with Crippen molar-refractivity contribution in [3.8, 4) is 34.5 Å². The molecule has 0 spiro atoms. The minimum Gasteiger partial charge on any atom is -0.508 e. The van der Waals surface area contributed by atoms with Crippen LogP contribution in [-0.2, 0) is 6.42 Å². The van der Waals surface area contributed by atoms with Crippen LogP contribution in [0.1, 0.15) is 39.6 Å². The Kier molecular flexibility index (Phi) is 5.81. The van der Waals surface area contributed by atoms with Crippen molar-refractivity contribution < 1.29 is 34.0 Å². The lowest BCUT2D eigenvalue weighted by Crippen LogP contribution is -2.22. The van der Waals surface area contributed by atoms with Crippen LogP contribution in [0.4, 0.5) is 0 Å². The third-order valence-electron chi connectivity index (χ3n) is 5.58. The molecule has 1 aliphatic rings. The number of hydrogen-bond donors (Lipinski definition) is 2. The van der Waals surface area contributed by atoms with Crippen LogP contribution in [0.15, 0.2) is 48.5 Å². The van der Waals surface area contributed by atoms with E-state index in [4.69, 9.17) is 18.9 Å². The van der Waals surface area contributed by atoms with Crippen molar-refractivity contribution in [3.05, 3.63) is 70.8 Å². The molecule has 3 aromatic rings. The molecular formula is C25H24O7. The van der Waals surface area contributed by atoms with Gasteiger partial charge >= 0.3 is 0 Å². The fourth-order valence-corrected chi connectivity index (χ4v) is 4.00. The number of benzene rings is 3. The molecule has 1 aliphatic heterocycles. The molecule has 2 N–H and O–H groups in total. The minimum atomic E-state index is -0.522. The van der Waals surface area contributed by atoms with Gasteiger partial charge in [0.15, 0.2) is 17.3 Å². The van der Waals surface area contributed by atoms with Gasteiger partial charge in [-0.05, 0) is 23.8 Å². The zero-order valence-electron chi connectivity index (χ0n) is 18.0. The van der Waals surface area contributed by atoms with E-state index in [1.807, 2.05) is 30.3 Å². The number of methoxy groups -OCH3 is 3. The van der Waals surface area contributed by atoms with E-state index in [0.717, 1.165) is 5.56 Å². The van der Waals surface area contributed by atoms with Gasteiger partial charge in [-0.25, -0.2) is 0 Å². The van der Waals surface area contributed by atoms with E-state index in [0.29, 0.717) is 16.9 Å². The summed E-state index contributed by atoms with van der Waals surface area (Å²) in [6.07, 6.45) is -0.296. The number of Topliss-reactive ketones (excluding diaryl/α,β-unsaturated/α-hetero) is 1. The number of fused-ring (bicyclic) bond motifs is 1. The van der Waals surface area contributed by atoms with Crippen molar-refractivity contribution in [1.82, 2.24) is 0 Å². The van der Waals surface area contributed by atoms with Crippen LogP contribution in [-0.4, -0.2) is 37.3 Å². The number of hydrogen-bond acceptors (Lipinski definition) is 7. The van der Waals surface area contributed by atoms with E-state index in [-0.39, 0.29) is 52.9 Å².